The van der Waals surface area contributed by atoms with Gasteiger partial charge in [0.05, 0.1) is 0 Å². The Bertz CT molecular complexity index is 269. The van der Waals surface area contributed by atoms with Crippen molar-refractivity contribution in [3.63, 3.8) is 0 Å². The minimum absolute atomic E-state index is 0.239. The number of amides is 1. The first-order valence-corrected chi connectivity index (χ1v) is 6.48. The molecule has 0 aliphatic carbocycles. The number of piperazine rings is 1. The number of hydrogen-bond acceptors (Lipinski definition) is 3. The fourth-order valence-corrected chi connectivity index (χ4v) is 2.01. The van der Waals surface area contributed by atoms with Gasteiger partial charge in [0.1, 0.15) is 5.78 Å². The molecule has 0 bridgehead atoms. The summed E-state index contributed by atoms with van der Waals surface area (Å²) in [5.41, 5.74) is 0. The quantitative estimate of drug-likeness (QED) is 0.724. The number of Topliss-reactive ketones (excluding diaryl/α,β-unsaturated/α-hetero) is 1. The Kier molecular flexibility index (Phi) is 5.62. The van der Waals surface area contributed by atoms with Gasteiger partial charge in [-0.3, -0.25) is 14.5 Å². The minimum Gasteiger partial charge on any atom is -0.340 e. The van der Waals surface area contributed by atoms with Crippen LogP contribution < -0.4 is 0 Å². The maximum atomic E-state index is 11.8. The van der Waals surface area contributed by atoms with E-state index in [4.69, 9.17) is 0 Å². The zero-order chi connectivity index (χ0) is 12.8. The molecule has 1 heterocycles. The van der Waals surface area contributed by atoms with Crippen molar-refractivity contribution < 1.29 is 9.59 Å². The molecule has 1 saturated heterocycles. The van der Waals surface area contributed by atoms with Crippen LogP contribution in [-0.2, 0) is 9.59 Å². The molecule has 1 aliphatic heterocycles. The molecule has 17 heavy (non-hydrogen) atoms. The predicted molar refractivity (Wildman–Crippen MR) is 67.8 cm³/mol. The Hall–Kier alpha value is -0.900. The standard InChI is InChI=1S/C13H24N2O2/c1-11(2)10-13(17)15-8-6-14(7-9-15)5-4-12(3)16/h11H,4-10H2,1-3H3. The number of nitrogens with zero attached hydrogens (tertiary/aromatic N) is 2. The summed E-state index contributed by atoms with van der Waals surface area (Å²) < 4.78 is 0. The normalized spacial score (nSPS) is 17.5. The monoisotopic (exact) mass is 240 g/mol. The van der Waals surface area contributed by atoms with Crippen molar-refractivity contribution in [3.05, 3.63) is 0 Å². The number of carbonyl (C=O) groups is 2. The lowest BCUT2D eigenvalue weighted by molar-refractivity contribution is -0.134. The summed E-state index contributed by atoms with van der Waals surface area (Å²) in [6.45, 7) is 10.0. The summed E-state index contributed by atoms with van der Waals surface area (Å²) in [7, 11) is 0. The van der Waals surface area contributed by atoms with Crippen LogP contribution in [0.25, 0.3) is 0 Å². The van der Waals surface area contributed by atoms with E-state index in [0.717, 1.165) is 32.7 Å². The fraction of sp³-hybridized carbons (Fsp3) is 0.846. The molecular formula is C13H24N2O2. The molecule has 0 aromatic rings. The van der Waals surface area contributed by atoms with Crippen LogP contribution in [0, 0.1) is 5.92 Å². The van der Waals surface area contributed by atoms with Crippen LogP contribution in [0.5, 0.6) is 0 Å². The summed E-state index contributed by atoms with van der Waals surface area (Å²) in [4.78, 5) is 26.9. The van der Waals surface area contributed by atoms with E-state index in [1.54, 1.807) is 6.92 Å². The van der Waals surface area contributed by atoms with E-state index >= 15 is 0 Å². The van der Waals surface area contributed by atoms with Gasteiger partial charge in [-0.15, -0.1) is 0 Å². The van der Waals surface area contributed by atoms with Crippen molar-refractivity contribution in [1.29, 1.82) is 0 Å². The van der Waals surface area contributed by atoms with Crippen molar-refractivity contribution in [2.75, 3.05) is 32.7 Å². The Morgan fingerprint density at radius 1 is 1.12 bits per heavy atom. The molecule has 1 aliphatic rings. The number of hydrogen-bond donors (Lipinski definition) is 0. The SMILES string of the molecule is CC(=O)CCN1CCN(C(=O)CC(C)C)CC1. The molecular weight excluding hydrogens is 216 g/mol. The molecule has 0 N–H and O–H groups in total. The largest absolute Gasteiger partial charge is 0.340 e. The van der Waals surface area contributed by atoms with Crippen molar-refractivity contribution in [1.82, 2.24) is 9.80 Å². The maximum absolute atomic E-state index is 11.8. The van der Waals surface area contributed by atoms with Crippen LogP contribution in [0.3, 0.4) is 0 Å². The highest BCUT2D eigenvalue weighted by Gasteiger charge is 2.21. The first kappa shape index (κ1) is 14.2. The molecule has 0 atom stereocenters. The van der Waals surface area contributed by atoms with Crippen LogP contribution in [0.15, 0.2) is 0 Å². The van der Waals surface area contributed by atoms with E-state index in [2.05, 4.69) is 18.7 Å². The third kappa shape index (κ3) is 5.31. The van der Waals surface area contributed by atoms with Crippen LogP contribution in [0.2, 0.25) is 0 Å². The maximum Gasteiger partial charge on any atom is 0.222 e. The van der Waals surface area contributed by atoms with Gasteiger partial charge in [0.25, 0.3) is 0 Å². The molecule has 0 aromatic heterocycles. The van der Waals surface area contributed by atoms with Gasteiger partial charge in [-0.1, -0.05) is 13.8 Å². The highest BCUT2D eigenvalue weighted by atomic mass is 16.2. The van der Waals surface area contributed by atoms with Crippen LogP contribution >= 0.6 is 0 Å². The van der Waals surface area contributed by atoms with E-state index in [1.807, 2.05) is 4.90 Å². The van der Waals surface area contributed by atoms with E-state index in [-0.39, 0.29) is 11.7 Å². The lowest BCUT2D eigenvalue weighted by Crippen LogP contribution is -2.49. The van der Waals surface area contributed by atoms with Gasteiger partial charge in [-0.2, -0.15) is 0 Å². The van der Waals surface area contributed by atoms with Crippen molar-refractivity contribution in [2.24, 2.45) is 5.92 Å². The second-order valence-corrected chi connectivity index (χ2v) is 5.27. The highest BCUT2D eigenvalue weighted by molar-refractivity contribution is 5.76. The number of carbonyl (C=O) groups excluding carboxylic acids is 2. The van der Waals surface area contributed by atoms with Gasteiger partial charge < -0.3 is 4.90 Å². The smallest absolute Gasteiger partial charge is 0.222 e. The molecule has 4 nitrogen and oxygen atoms in total. The Labute approximate surface area is 104 Å². The van der Waals surface area contributed by atoms with E-state index in [9.17, 15) is 9.59 Å². The second-order valence-electron chi connectivity index (χ2n) is 5.27. The van der Waals surface area contributed by atoms with E-state index in [1.165, 1.54) is 0 Å². The Balaban J connectivity index is 2.25. The van der Waals surface area contributed by atoms with E-state index < -0.39 is 0 Å². The third-order valence-electron chi connectivity index (χ3n) is 3.09. The molecule has 0 aromatic carbocycles. The molecule has 98 valence electrons. The summed E-state index contributed by atoms with van der Waals surface area (Å²) >= 11 is 0. The summed E-state index contributed by atoms with van der Waals surface area (Å²) in [5.74, 6) is 0.938. The molecule has 0 unspecified atom stereocenters. The topological polar surface area (TPSA) is 40.6 Å². The van der Waals surface area contributed by atoms with Crippen molar-refractivity contribution in [2.45, 2.75) is 33.6 Å². The van der Waals surface area contributed by atoms with Crippen LogP contribution in [-0.4, -0.2) is 54.2 Å². The Morgan fingerprint density at radius 2 is 1.71 bits per heavy atom. The van der Waals surface area contributed by atoms with Crippen LogP contribution in [0.4, 0.5) is 0 Å². The lowest BCUT2D eigenvalue weighted by Gasteiger charge is -2.35. The second kappa shape index (κ2) is 6.74. The summed E-state index contributed by atoms with van der Waals surface area (Å²) in [6, 6.07) is 0. The highest BCUT2D eigenvalue weighted by Crippen LogP contribution is 2.08. The molecule has 1 amide bonds. The molecule has 0 saturated carbocycles. The number of rotatable bonds is 5. The fourth-order valence-electron chi connectivity index (χ4n) is 2.01. The van der Waals surface area contributed by atoms with Crippen LogP contribution in [0.1, 0.15) is 33.6 Å². The van der Waals surface area contributed by atoms with E-state index in [0.29, 0.717) is 18.8 Å². The van der Waals surface area contributed by atoms with Gasteiger partial charge >= 0.3 is 0 Å². The zero-order valence-electron chi connectivity index (χ0n) is 11.2. The van der Waals surface area contributed by atoms with Gasteiger partial charge in [0.2, 0.25) is 5.91 Å². The third-order valence-corrected chi connectivity index (χ3v) is 3.09. The molecule has 1 rings (SSSR count). The average molecular weight is 240 g/mol. The van der Waals surface area contributed by atoms with Gasteiger partial charge in [-0.05, 0) is 12.8 Å². The van der Waals surface area contributed by atoms with Gasteiger partial charge in [-0.25, -0.2) is 0 Å². The molecule has 0 spiro atoms. The minimum atomic E-state index is 0.239. The molecule has 4 heteroatoms. The first-order chi connectivity index (χ1) is 7.99. The van der Waals surface area contributed by atoms with Crippen molar-refractivity contribution >= 4 is 11.7 Å². The lowest BCUT2D eigenvalue weighted by atomic mass is 10.1. The molecule has 1 fully saturated rings. The van der Waals surface area contributed by atoms with Gasteiger partial charge in [0, 0.05) is 45.6 Å². The zero-order valence-corrected chi connectivity index (χ0v) is 11.2. The summed E-state index contributed by atoms with van der Waals surface area (Å²) in [6.07, 6.45) is 1.27. The summed E-state index contributed by atoms with van der Waals surface area (Å²) in [5, 5.41) is 0. The predicted octanol–water partition coefficient (Wildman–Crippen LogP) is 1.16. The first-order valence-electron chi connectivity index (χ1n) is 6.48. The molecule has 0 radical (unpaired) electrons. The van der Waals surface area contributed by atoms with Crippen molar-refractivity contribution in [3.8, 4) is 0 Å². The average Bonchev–Trinajstić information content (AvgIpc) is 2.26. The Morgan fingerprint density at radius 3 is 2.18 bits per heavy atom. The number of ketones is 1. The van der Waals surface area contributed by atoms with Gasteiger partial charge in [0.15, 0.2) is 0 Å².